The molecule has 0 aliphatic carbocycles. The third-order valence-electron chi connectivity index (χ3n) is 2.48. The average Bonchev–Trinajstić information content (AvgIpc) is 2.31. The van der Waals surface area contributed by atoms with Gasteiger partial charge in [0.15, 0.2) is 0 Å². The van der Waals surface area contributed by atoms with E-state index in [1.807, 2.05) is 25.1 Å². The molecule has 16 heavy (non-hydrogen) atoms. The number of hydrogen-bond donors (Lipinski definition) is 0. The molecule has 2 nitrogen and oxygen atoms in total. The van der Waals surface area contributed by atoms with Gasteiger partial charge in [-0.05, 0) is 30.5 Å². The maximum absolute atomic E-state index is 8.95. The minimum atomic E-state index is -0.258. The fraction of sp³-hybridized carbons (Fsp3) is 0.462. The fourth-order valence-corrected chi connectivity index (χ4v) is 1.82. The maximum atomic E-state index is 8.95. The highest BCUT2D eigenvalue weighted by Gasteiger charge is 2.11. The van der Waals surface area contributed by atoms with E-state index in [9.17, 15) is 0 Å². The third kappa shape index (κ3) is 2.90. The summed E-state index contributed by atoms with van der Waals surface area (Å²) < 4.78 is 5.56. The lowest BCUT2D eigenvalue weighted by Crippen LogP contribution is -2.01. The molecule has 1 unspecified atom stereocenters. The summed E-state index contributed by atoms with van der Waals surface area (Å²) in [6, 6.07) is 8.08. The fourth-order valence-electron chi connectivity index (χ4n) is 1.57. The molecular weight excluding hydrogens is 222 g/mol. The molecule has 3 heteroatoms. The van der Waals surface area contributed by atoms with Gasteiger partial charge >= 0.3 is 0 Å². The van der Waals surface area contributed by atoms with E-state index in [2.05, 4.69) is 13.0 Å². The Morgan fingerprint density at radius 1 is 1.44 bits per heavy atom. The highest BCUT2D eigenvalue weighted by atomic mass is 35.5. The summed E-state index contributed by atoms with van der Waals surface area (Å²) >= 11 is 5.74. The number of hydrogen-bond acceptors (Lipinski definition) is 2. The zero-order valence-corrected chi connectivity index (χ0v) is 10.4. The predicted molar refractivity (Wildman–Crippen MR) is 66.1 cm³/mol. The molecule has 0 saturated heterocycles. The molecule has 0 bridgehead atoms. The summed E-state index contributed by atoms with van der Waals surface area (Å²) in [5.41, 5.74) is 2.09. The smallest absolute Gasteiger partial charge is 0.122 e. The molecule has 0 spiro atoms. The summed E-state index contributed by atoms with van der Waals surface area (Å²) in [7, 11) is 0. The minimum absolute atomic E-state index is 0.258. The van der Waals surface area contributed by atoms with E-state index in [1.54, 1.807) is 0 Å². The highest BCUT2D eigenvalue weighted by Crippen LogP contribution is 2.26. The Hall–Kier alpha value is -1.20. The van der Waals surface area contributed by atoms with Gasteiger partial charge in [0.2, 0.25) is 0 Å². The first-order valence-electron chi connectivity index (χ1n) is 5.48. The van der Waals surface area contributed by atoms with E-state index >= 15 is 0 Å². The van der Waals surface area contributed by atoms with Crippen molar-refractivity contribution in [3.8, 4) is 11.8 Å². The van der Waals surface area contributed by atoms with E-state index in [1.165, 1.54) is 0 Å². The van der Waals surface area contributed by atoms with Crippen molar-refractivity contribution in [2.45, 2.75) is 26.2 Å². The van der Waals surface area contributed by atoms with Crippen LogP contribution < -0.4 is 4.74 Å². The first kappa shape index (κ1) is 12.9. The third-order valence-corrected chi connectivity index (χ3v) is 2.79. The normalized spacial score (nSPS) is 11.9. The Morgan fingerprint density at radius 2 is 2.19 bits per heavy atom. The number of aryl methyl sites for hydroxylation is 1. The standard InChI is InChI=1S/C13H16ClNO/c1-3-10-5-6-11(12(8-14)9-15)7-13(10)16-4-2/h5-7,12H,3-4,8H2,1-2H3. The summed E-state index contributed by atoms with van der Waals surface area (Å²) in [4.78, 5) is 0. The van der Waals surface area contributed by atoms with Crippen LogP contribution in [0.25, 0.3) is 0 Å². The SMILES string of the molecule is CCOc1cc(C(C#N)CCl)ccc1CC. The second kappa shape index (κ2) is 6.40. The van der Waals surface area contributed by atoms with Crippen LogP contribution >= 0.6 is 11.6 Å². The van der Waals surface area contributed by atoms with Crippen molar-refractivity contribution in [2.75, 3.05) is 12.5 Å². The van der Waals surface area contributed by atoms with Crippen molar-refractivity contribution in [2.24, 2.45) is 0 Å². The van der Waals surface area contributed by atoms with Crippen molar-refractivity contribution >= 4 is 11.6 Å². The molecule has 0 aromatic heterocycles. The number of alkyl halides is 1. The molecule has 0 radical (unpaired) electrons. The summed E-state index contributed by atoms with van der Waals surface area (Å²) in [5.74, 6) is 0.924. The van der Waals surface area contributed by atoms with E-state index in [0.717, 1.165) is 23.3 Å². The zero-order chi connectivity index (χ0) is 12.0. The maximum Gasteiger partial charge on any atom is 0.122 e. The molecule has 0 saturated carbocycles. The van der Waals surface area contributed by atoms with Gasteiger partial charge in [0.1, 0.15) is 5.75 Å². The van der Waals surface area contributed by atoms with Gasteiger partial charge in [-0.1, -0.05) is 19.1 Å². The number of benzene rings is 1. The van der Waals surface area contributed by atoms with Gasteiger partial charge < -0.3 is 4.74 Å². The van der Waals surface area contributed by atoms with Crippen LogP contribution in [0.2, 0.25) is 0 Å². The molecule has 0 N–H and O–H groups in total. The van der Waals surface area contributed by atoms with Crippen LogP contribution in [0.15, 0.2) is 18.2 Å². The second-order valence-electron chi connectivity index (χ2n) is 3.49. The van der Waals surface area contributed by atoms with Crippen LogP contribution in [-0.4, -0.2) is 12.5 Å². The van der Waals surface area contributed by atoms with E-state index in [4.69, 9.17) is 21.6 Å². The lowest BCUT2D eigenvalue weighted by Gasteiger charge is -2.12. The van der Waals surface area contributed by atoms with Gasteiger partial charge in [-0.15, -0.1) is 11.6 Å². The van der Waals surface area contributed by atoms with E-state index in [0.29, 0.717) is 12.5 Å². The van der Waals surface area contributed by atoms with Crippen molar-refractivity contribution in [3.05, 3.63) is 29.3 Å². The van der Waals surface area contributed by atoms with Gasteiger partial charge in [0, 0.05) is 5.88 Å². The van der Waals surface area contributed by atoms with Crippen molar-refractivity contribution in [1.82, 2.24) is 0 Å². The molecule has 1 atom stereocenters. The van der Waals surface area contributed by atoms with Gasteiger partial charge in [0.25, 0.3) is 0 Å². The van der Waals surface area contributed by atoms with Crippen LogP contribution in [0.3, 0.4) is 0 Å². The molecule has 0 aliphatic rings. The van der Waals surface area contributed by atoms with Crippen molar-refractivity contribution < 1.29 is 4.74 Å². The highest BCUT2D eigenvalue weighted by molar-refractivity contribution is 6.18. The molecule has 0 amide bonds. The van der Waals surface area contributed by atoms with Gasteiger partial charge in [0.05, 0.1) is 18.6 Å². The zero-order valence-electron chi connectivity index (χ0n) is 9.66. The van der Waals surface area contributed by atoms with Gasteiger partial charge in [-0.2, -0.15) is 5.26 Å². The molecule has 1 aromatic rings. The molecule has 0 aliphatic heterocycles. The monoisotopic (exact) mass is 237 g/mol. The summed E-state index contributed by atoms with van der Waals surface area (Å²) in [5, 5.41) is 8.95. The number of nitrogens with zero attached hydrogens (tertiary/aromatic N) is 1. The Morgan fingerprint density at radius 3 is 2.69 bits per heavy atom. The largest absolute Gasteiger partial charge is 0.494 e. The number of halogens is 1. The molecule has 0 heterocycles. The van der Waals surface area contributed by atoms with Gasteiger partial charge in [-0.25, -0.2) is 0 Å². The topological polar surface area (TPSA) is 33.0 Å². The van der Waals surface area contributed by atoms with Gasteiger partial charge in [-0.3, -0.25) is 0 Å². The van der Waals surface area contributed by atoms with Crippen LogP contribution in [0.4, 0.5) is 0 Å². The quantitative estimate of drug-likeness (QED) is 0.735. The second-order valence-corrected chi connectivity index (χ2v) is 3.80. The Kier molecular flexibility index (Phi) is 5.14. The predicted octanol–water partition coefficient (Wildman–Crippen LogP) is 3.49. The molecule has 1 rings (SSSR count). The van der Waals surface area contributed by atoms with Crippen molar-refractivity contribution in [1.29, 1.82) is 5.26 Å². The van der Waals surface area contributed by atoms with Crippen LogP contribution in [0, 0.1) is 11.3 Å². The number of ether oxygens (including phenoxy) is 1. The lowest BCUT2D eigenvalue weighted by atomic mass is 9.99. The molecule has 86 valence electrons. The first-order valence-corrected chi connectivity index (χ1v) is 6.01. The summed E-state index contributed by atoms with van der Waals surface area (Å²) in [6.45, 7) is 4.67. The average molecular weight is 238 g/mol. The summed E-state index contributed by atoms with van der Waals surface area (Å²) in [6.07, 6.45) is 0.924. The van der Waals surface area contributed by atoms with Crippen LogP contribution in [-0.2, 0) is 6.42 Å². The lowest BCUT2D eigenvalue weighted by molar-refractivity contribution is 0.336. The van der Waals surface area contributed by atoms with E-state index in [-0.39, 0.29) is 5.92 Å². The minimum Gasteiger partial charge on any atom is -0.494 e. The van der Waals surface area contributed by atoms with Crippen LogP contribution in [0.1, 0.15) is 30.9 Å². The van der Waals surface area contributed by atoms with Crippen molar-refractivity contribution in [3.63, 3.8) is 0 Å². The Balaban J connectivity index is 3.06. The number of rotatable bonds is 5. The van der Waals surface area contributed by atoms with Crippen LogP contribution in [0.5, 0.6) is 5.75 Å². The Bertz CT molecular complexity index is 384. The Labute approximate surface area is 102 Å². The molecule has 0 fully saturated rings. The number of nitriles is 1. The molecular formula is C13H16ClNO. The van der Waals surface area contributed by atoms with E-state index < -0.39 is 0 Å². The molecule has 1 aromatic carbocycles. The first-order chi connectivity index (χ1) is 7.76.